The van der Waals surface area contributed by atoms with E-state index in [2.05, 4.69) is 15.0 Å². The van der Waals surface area contributed by atoms with E-state index >= 15 is 0 Å². The fourth-order valence-electron chi connectivity index (χ4n) is 2.39. The summed E-state index contributed by atoms with van der Waals surface area (Å²) in [5.74, 6) is -0.705. The molecule has 0 saturated carbocycles. The van der Waals surface area contributed by atoms with Gasteiger partial charge in [0.1, 0.15) is 5.82 Å². The standard InChI is InChI=1S/C19H18FN3O3S2/c1-13-5-8-17(9-6-13)28(25,26)23-19-22-16(12-27-19)7-10-18(24)21-15-4-2-3-14(20)11-15/h2-6,8-9,11-12H,7,10H2,1H3,(H,21,24)(H,22,23). The van der Waals surface area contributed by atoms with E-state index in [0.717, 1.165) is 16.9 Å². The van der Waals surface area contributed by atoms with Crippen LogP contribution in [-0.2, 0) is 21.2 Å². The first kappa shape index (κ1) is 20.0. The number of hydrogen-bond acceptors (Lipinski definition) is 5. The lowest BCUT2D eigenvalue weighted by Crippen LogP contribution is -2.13. The van der Waals surface area contributed by atoms with E-state index in [0.29, 0.717) is 17.8 Å². The molecule has 3 rings (SSSR count). The van der Waals surface area contributed by atoms with Gasteiger partial charge in [-0.15, -0.1) is 11.3 Å². The molecule has 9 heteroatoms. The summed E-state index contributed by atoms with van der Waals surface area (Å²) in [5.41, 5.74) is 1.95. The molecule has 0 fully saturated rings. The number of anilines is 2. The third-order valence-electron chi connectivity index (χ3n) is 3.82. The minimum atomic E-state index is -3.71. The molecular weight excluding hydrogens is 401 g/mol. The van der Waals surface area contributed by atoms with Crippen LogP contribution in [0.4, 0.5) is 15.2 Å². The predicted molar refractivity (Wildman–Crippen MR) is 107 cm³/mol. The first-order valence-electron chi connectivity index (χ1n) is 8.41. The number of thiazole rings is 1. The summed E-state index contributed by atoms with van der Waals surface area (Å²) in [5, 5.41) is 4.54. The number of amides is 1. The summed E-state index contributed by atoms with van der Waals surface area (Å²) < 4.78 is 40.3. The normalized spacial score (nSPS) is 11.2. The Hall–Kier alpha value is -2.78. The highest BCUT2D eigenvalue weighted by atomic mass is 32.2. The number of rotatable bonds is 7. The number of sulfonamides is 1. The molecule has 2 N–H and O–H groups in total. The van der Waals surface area contributed by atoms with Crippen molar-refractivity contribution in [3.63, 3.8) is 0 Å². The van der Waals surface area contributed by atoms with Gasteiger partial charge < -0.3 is 5.32 Å². The summed E-state index contributed by atoms with van der Waals surface area (Å²) in [6.07, 6.45) is 0.480. The Kier molecular flexibility index (Phi) is 6.05. The Morgan fingerprint density at radius 2 is 1.93 bits per heavy atom. The van der Waals surface area contributed by atoms with Crippen LogP contribution < -0.4 is 10.0 Å². The minimum absolute atomic E-state index is 0.143. The van der Waals surface area contributed by atoms with Gasteiger partial charge in [-0.25, -0.2) is 17.8 Å². The van der Waals surface area contributed by atoms with Gasteiger partial charge in [0.25, 0.3) is 10.0 Å². The molecule has 1 amide bonds. The van der Waals surface area contributed by atoms with Crippen molar-refractivity contribution in [3.8, 4) is 0 Å². The summed E-state index contributed by atoms with van der Waals surface area (Å²) >= 11 is 1.15. The van der Waals surface area contributed by atoms with Gasteiger partial charge in [-0.2, -0.15) is 0 Å². The van der Waals surface area contributed by atoms with Crippen LogP contribution in [0.25, 0.3) is 0 Å². The topological polar surface area (TPSA) is 88.2 Å². The Balaban J connectivity index is 1.56. The lowest BCUT2D eigenvalue weighted by Gasteiger charge is -2.05. The Bertz CT molecular complexity index is 1080. The molecular formula is C19H18FN3O3S2. The molecule has 28 heavy (non-hydrogen) atoms. The average molecular weight is 420 g/mol. The molecule has 0 aliphatic rings. The number of aromatic nitrogens is 1. The first-order valence-corrected chi connectivity index (χ1v) is 10.8. The van der Waals surface area contributed by atoms with E-state index in [4.69, 9.17) is 0 Å². The molecule has 2 aromatic carbocycles. The van der Waals surface area contributed by atoms with Gasteiger partial charge in [0, 0.05) is 17.5 Å². The molecule has 0 spiro atoms. The molecule has 146 valence electrons. The van der Waals surface area contributed by atoms with E-state index < -0.39 is 15.8 Å². The highest BCUT2D eigenvalue weighted by Crippen LogP contribution is 2.21. The van der Waals surface area contributed by atoms with Crippen molar-refractivity contribution in [3.05, 3.63) is 71.0 Å². The summed E-state index contributed by atoms with van der Waals surface area (Å²) in [4.78, 5) is 16.4. The Labute approximate surface area is 166 Å². The number of halogens is 1. The molecule has 0 atom stereocenters. The van der Waals surface area contributed by atoms with Crippen molar-refractivity contribution in [2.45, 2.75) is 24.7 Å². The Morgan fingerprint density at radius 1 is 1.18 bits per heavy atom. The van der Waals surface area contributed by atoms with Crippen LogP contribution in [0.15, 0.2) is 58.8 Å². The van der Waals surface area contributed by atoms with Crippen LogP contribution in [-0.4, -0.2) is 19.3 Å². The van der Waals surface area contributed by atoms with E-state index in [-0.39, 0.29) is 22.4 Å². The predicted octanol–water partition coefficient (Wildman–Crippen LogP) is 3.96. The van der Waals surface area contributed by atoms with Crippen molar-refractivity contribution in [1.82, 2.24) is 4.98 Å². The zero-order valence-electron chi connectivity index (χ0n) is 15.0. The van der Waals surface area contributed by atoms with Crippen LogP contribution in [0.1, 0.15) is 17.7 Å². The number of nitrogens with one attached hydrogen (secondary N) is 2. The monoisotopic (exact) mass is 419 g/mol. The highest BCUT2D eigenvalue weighted by molar-refractivity contribution is 7.93. The van der Waals surface area contributed by atoms with Gasteiger partial charge in [0.15, 0.2) is 5.13 Å². The molecule has 0 saturated heterocycles. The van der Waals surface area contributed by atoms with Crippen molar-refractivity contribution in [1.29, 1.82) is 0 Å². The molecule has 0 aliphatic carbocycles. The number of carbonyl (C=O) groups is 1. The average Bonchev–Trinajstić information content (AvgIpc) is 3.07. The summed E-state index contributed by atoms with van der Waals surface area (Å²) in [7, 11) is -3.71. The van der Waals surface area contributed by atoms with E-state index in [1.54, 1.807) is 23.6 Å². The quantitative estimate of drug-likeness (QED) is 0.607. The first-order chi connectivity index (χ1) is 13.3. The van der Waals surface area contributed by atoms with Gasteiger partial charge in [-0.3, -0.25) is 9.52 Å². The largest absolute Gasteiger partial charge is 0.326 e. The second-order valence-electron chi connectivity index (χ2n) is 6.12. The molecule has 3 aromatic rings. The fraction of sp³-hybridized carbons (Fsp3) is 0.158. The zero-order chi connectivity index (χ0) is 20.1. The van der Waals surface area contributed by atoms with Gasteiger partial charge in [0.2, 0.25) is 5.91 Å². The van der Waals surface area contributed by atoms with Crippen molar-refractivity contribution in [2.24, 2.45) is 0 Å². The van der Waals surface area contributed by atoms with Crippen molar-refractivity contribution < 1.29 is 17.6 Å². The molecule has 0 bridgehead atoms. The Morgan fingerprint density at radius 3 is 2.64 bits per heavy atom. The maximum atomic E-state index is 13.1. The maximum absolute atomic E-state index is 13.1. The minimum Gasteiger partial charge on any atom is -0.326 e. The third kappa shape index (κ3) is 5.37. The summed E-state index contributed by atoms with van der Waals surface area (Å²) in [6, 6.07) is 12.1. The van der Waals surface area contributed by atoms with E-state index in [1.165, 1.54) is 30.3 Å². The number of carbonyl (C=O) groups excluding carboxylic acids is 1. The molecule has 1 heterocycles. The second-order valence-corrected chi connectivity index (χ2v) is 8.66. The van der Waals surface area contributed by atoms with Crippen LogP contribution in [0.3, 0.4) is 0 Å². The maximum Gasteiger partial charge on any atom is 0.263 e. The molecule has 0 unspecified atom stereocenters. The van der Waals surface area contributed by atoms with Crippen LogP contribution in [0, 0.1) is 12.7 Å². The highest BCUT2D eigenvalue weighted by Gasteiger charge is 2.16. The van der Waals surface area contributed by atoms with Gasteiger partial charge in [0.05, 0.1) is 10.6 Å². The molecule has 1 aromatic heterocycles. The van der Waals surface area contributed by atoms with Crippen molar-refractivity contribution in [2.75, 3.05) is 10.0 Å². The SMILES string of the molecule is Cc1ccc(S(=O)(=O)Nc2nc(CCC(=O)Nc3cccc(F)c3)cs2)cc1. The molecule has 0 radical (unpaired) electrons. The number of hydrogen-bond donors (Lipinski definition) is 2. The zero-order valence-corrected chi connectivity index (χ0v) is 16.6. The van der Waals surface area contributed by atoms with Gasteiger partial charge in [-0.1, -0.05) is 23.8 Å². The third-order valence-corrected chi connectivity index (χ3v) is 6.11. The molecule has 0 aliphatic heterocycles. The fourth-order valence-corrected chi connectivity index (χ4v) is 4.39. The van der Waals surface area contributed by atoms with Crippen LogP contribution in [0.2, 0.25) is 0 Å². The van der Waals surface area contributed by atoms with E-state index in [9.17, 15) is 17.6 Å². The summed E-state index contributed by atoms with van der Waals surface area (Å²) in [6.45, 7) is 1.88. The van der Waals surface area contributed by atoms with Gasteiger partial charge >= 0.3 is 0 Å². The second kappa shape index (κ2) is 8.49. The lowest BCUT2D eigenvalue weighted by atomic mass is 10.2. The molecule has 6 nitrogen and oxygen atoms in total. The van der Waals surface area contributed by atoms with Crippen LogP contribution in [0.5, 0.6) is 0 Å². The number of nitrogens with zero attached hydrogens (tertiary/aromatic N) is 1. The number of benzene rings is 2. The number of aryl methyl sites for hydroxylation is 2. The van der Waals surface area contributed by atoms with Gasteiger partial charge in [-0.05, 0) is 43.7 Å². The smallest absolute Gasteiger partial charge is 0.263 e. The lowest BCUT2D eigenvalue weighted by molar-refractivity contribution is -0.116. The van der Waals surface area contributed by atoms with Crippen molar-refractivity contribution >= 4 is 38.1 Å². The van der Waals surface area contributed by atoms with Crippen LogP contribution >= 0.6 is 11.3 Å². The van der Waals surface area contributed by atoms with E-state index in [1.807, 2.05) is 6.92 Å².